The molecule has 0 aromatic heterocycles. The topological polar surface area (TPSA) is 86.6 Å². The third kappa shape index (κ3) is 5.36. The van der Waals surface area contributed by atoms with Crippen molar-refractivity contribution in [1.29, 1.82) is 0 Å². The number of ether oxygens (including phenoxy) is 4. The summed E-state index contributed by atoms with van der Waals surface area (Å²) in [6, 6.07) is 5.03. The number of aliphatic imine (C=N–C) groups is 1. The Balaban J connectivity index is 1.96. The van der Waals surface area contributed by atoms with Crippen molar-refractivity contribution in [3.05, 3.63) is 23.8 Å². The first-order valence-electron chi connectivity index (χ1n) is 8.43. The van der Waals surface area contributed by atoms with Crippen molar-refractivity contribution in [2.75, 3.05) is 45.9 Å². The van der Waals surface area contributed by atoms with Gasteiger partial charge in [-0.25, -0.2) is 4.79 Å². The summed E-state index contributed by atoms with van der Waals surface area (Å²) < 4.78 is 20.8. The lowest BCUT2D eigenvalue weighted by molar-refractivity contribution is -0.147. The van der Waals surface area contributed by atoms with Gasteiger partial charge in [0.05, 0.1) is 26.4 Å². The third-order valence-electron chi connectivity index (χ3n) is 3.68. The highest BCUT2D eigenvalue weighted by molar-refractivity contribution is 8.14. The van der Waals surface area contributed by atoms with E-state index < -0.39 is 5.54 Å². The van der Waals surface area contributed by atoms with Gasteiger partial charge >= 0.3 is 5.97 Å². The number of phenols is 1. The van der Waals surface area contributed by atoms with Crippen molar-refractivity contribution in [2.24, 2.45) is 4.99 Å². The van der Waals surface area contributed by atoms with Crippen LogP contribution in [0.15, 0.2) is 23.2 Å². The lowest BCUT2D eigenvalue weighted by Gasteiger charge is -2.16. The van der Waals surface area contributed by atoms with E-state index in [9.17, 15) is 9.90 Å². The van der Waals surface area contributed by atoms with Gasteiger partial charge in [0.15, 0.2) is 5.54 Å². The minimum absolute atomic E-state index is 0.0576. The maximum absolute atomic E-state index is 12.1. The number of carbonyl (C=O) groups is 1. The Bertz CT molecular complexity index is 651. The fourth-order valence-electron chi connectivity index (χ4n) is 2.27. The normalized spacial score (nSPS) is 19.3. The van der Waals surface area contributed by atoms with E-state index in [0.717, 1.165) is 0 Å². The van der Waals surface area contributed by atoms with Gasteiger partial charge in [-0.15, -0.1) is 11.8 Å². The fourth-order valence-corrected chi connectivity index (χ4v) is 3.47. The number of benzene rings is 1. The van der Waals surface area contributed by atoms with Crippen molar-refractivity contribution in [3.8, 4) is 11.5 Å². The predicted octanol–water partition coefficient (Wildman–Crippen LogP) is 2.25. The summed E-state index contributed by atoms with van der Waals surface area (Å²) in [7, 11) is 1.62. The molecule has 1 heterocycles. The molecule has 0 bridgehead atoms. The molecule has 0 spiro atoms. The summed E-state index contributed by atoms with van der Waals surface area (Å²) >= 11 is 1.42. The molecule has 144 valence electrons. The molecule has 1 aromatic carbocycles. The van der Waals surface area contributed by atoms with Crippen LogP contribution in [0.4, 0.5) is 0 Å². The van der Waals surface area contributed by atoms with Gasteiger partial charge in [-0.1, -0.05) is 0 Å². The highest BCUT2D eigenvalue weighted by Gasteiger charge is 2.40. The Labute approximate surface area is 157 Å². The first kappa shape index (κ1) is 20.5. The summed E-state index contributed by atoms with van der Waals surface area (Å²) in [5, 5.41) is 10.9. The van der Waals surface area contributed by atoms with Crippen LogP contribution in [-0.2, 0) is 19.0 Å². The van der Waals surface area contributed by atoms with Crippen LogP contribution in [0.5, 0.6) is 11.5 Å². The van der Waals surface area contributed by atoms with E-state index in [1.165, 1.54) is 17.8 Å². The zero-order valence-corrected chi connectivity index (χ0v) is 16.1. The van der Waals surface area contributed by atoms with Gasteiger partial charge in [-0.05, 0) is 26.0 Å². The number of nitrogens with zero attached hydrogens (tertiary/aromatic N) is 1. The average molecular weight is 383 g/mol. The Hall–Kier alpha value is -1.77. The Morgan fingerprint density at radius 3 is 2.77 bits per heavy atom. The molecule has 7 nitrogen and oxygen atoms in total. The molecule has 1 aliphatic rings. The molecule has 2 rings (SSSR count). The zero-order chi connectivity index (χ0) is 19.0. The third-order valence-corrected chi connectivity index (χ3v) is 4.97. The second kappa shape index (κ2) is 9.80. The molecule has 0 unspecified atom stereocenters. The first-order valence-corrected chi connectivity index (χ1v) is 9.41. The minimum atomic E-state index is -0.919. The number of thioether (sulfide) groups is 1. The number of methoxy groups -OCH3 is 1. The van der Waals surface area contributed by atoms with Gasteiger partial charge in [0.2, 0.25) is 0 Å². The molecule has 1 aromatic rings. The molecule has 0 amide bonds. The molecule has 26 heavy (non-hydrogen) atoms. The molecular weight excluding hydrogens is 358 g/mol. The quantitative estimate of drug-likeness (QED) is 0.490. The number of hydrogen-bond acceptors (Lipinski definition) is 8. The molecule has 1 aliphatic heterocycles. The van der Waals surface area contributed by atoms with Crippen LogP contribution in [0.3, 0.4) is 0 Å². The lowest BCUT2D eigenvalue weighted by Crippen LogP contribution is -2.35. The molecule has 0 radical (unpaired) electrons. The average Bonchev–Trinajstić information content (AvgIpc) is 3.02. The number of hydrogen-bond donors (Lipinski definition) is 1. The maximum atomic E-state index is 12.1. The Morgan fingerprint density at radius 1 is 1.31 bits per heavy atom. The smallest absolute Gasteiger partial charge is 0.334 e. The molecule has 0 fully saturated rings. The van der Waals surface area contributed by atoms with Crippen molar-refractivity contribution in [2.45, 2.75) is 19.4 Å². The number of phenolic OH excluding ortho intramolecular Hbond substituents is 1. The van der Waals surface area contributed by atoms with E-state index in [0.29, 0.717) is 55.1 Å². The molecule has 0 saturated heterocycles. The summed E-state index contributed by atoms with van der Waals surface area (Å²) in [6.45, 7) is 5.69. The van der Waals surface area contributed by atoms with Crippen LogP contribution in [0.1, 0.15) is 19.4 Å². The number of rotatable bonds is 10. The molecular formula is C18H25NO6S. The number of esters is 1. The molecule has 1 N–H and O–H groups in total. The maximum Gasteiger partial charge on any atom is 0.334 e. The number of aromatic hydroxyl groups is 1. The van der Waals surface area contributed by atoms with Crippen LogP contribution in [0, 0.1) is 0 Å². The Kier molecular flexibility index (Phi) is 7.74. The lowest BCUT2D eigenvalue weighted by atomic mass is 10.1. The van der Waals surface area contributed by atoms with Crippen LogP contribution in [0.25, 0.3) is 0 Å². The van der Waals surface area contributed by atoms with Crippen molar-refractivity contribution >= 4 is 22.8 Å². The van der Waals surface area contributed by atoms with Gasteiger partial charge < -0.3 is 24.1 Å². The minimum Gasteiger partial charge on any atom is -0.507 e. The highest BCUT2D eigenvalue weighted by Crippen LogP contribution is 2.35. The highest BCUT2D eigenvalue weighted by atomic mass is 32.2. The Morgan fingerprint density at radius 2 is 2.08 bits per heavy atom. The second-order valence-electron chi connectivity index (χ2n) is 5.83. The fraction of sp³-hybridized carbons (Fsp3) is 0.556. The van der Waals surface area contributed by atoms with E-state index in [2.05, 4.69) is 4.99 Å². The molecule has 0 aliphatic carbocycles. The van der Waals surface area contributed by atoms with Gasteiger partial charge in [0.1, 0.15) is 23.1 Å². The van der Waals surface area contributed by atoms with Crippen LogP contribution >= 0.6 is 11.8 Å². The summed E-state index contributed by atoms with van der Waals surface area (Å²) in [4.78, 5) is 16.5. The summed E-state index contributed by atoms with van der Waals surface area (Å²) in [6.07, 6.45) is 0. The van der Waals surface area contributed by atoms with E-state index in [1.807, 2.05) is 0 Å². The second-order valence-corrected chi connectivity index (χ2v) is 6.80. The number of carbonyl (C=O) groups excluding carboxylic acids is 1. The summed E-state index contributed by atoms with van der Waals surface area (Å²) in [5.74, 6) is 0.730. The van der Waals surface area contributed by atoms with Crippen molar-refractivity contribution in [3.63, 3.8) is 0 Å². The van der Waals surface area contributed by atoms with Crippen LogP contribution < -0.4 is 4.74 Å². The van der Waals surface area contributed by atoms with Crippen molar-refractivity contribution in [1.82, 2.24) is 0 Å². The standard InChI is InChI=1S/C18H25NO6S/c1-4-24-17(21)18(2)12-26-16(19-18)14-6-5-13(11-15(14)20)25-10-9-23-8-7-22-3/h5-6,11,20H,4,7-10,12H2,1-3H3/t18-/m1/s1. The van der Waals surface area contributed by atoms with E-state index >= 15 is 0 Å². The van der Waals surface area contributed by atoms with Crippen LogP contribution in [-0.4, -0.2) is 67.6 Å². The SMILES string of the molecule is CCOC(=O)[C@@]1(C)CSC(c2ccc(OCCOCCOC)cc2O)=N1. The van der Waals surface area contributed by atoms with Gasteiger partial charge in [-0.3, -0.25) is 4.99 Å². The molecule has 8 heteroatoms. The first-order chi connectivity index (χ1) is 12.5. The summed E-state index contributed by atoms with van der Waals surface area (Å²) in [5.41, 5.74) is -0.344. The van der Waals surface area contributed by atoms with Crippen LogP contribution in [0.2, 0.25) is 0 Å². The largest absolute Gasteiger partial charge is 0.507 e. The van der Waals surface area contributed by atoms with Gasteiger partial charge in [0, 0.05) is 24.5 Å². The van der Waals surface area contributed by atoms with E-state index in [4.69, 9.17) is 18.9 Å². The molecule has 1 atom stereocenters. The molecule has 0 saturated carbocycles. The van der Waals surface area contributed by atoms with Gasteiger partial charge in [-0.2, -0.15) is 0 Å². The van der Waals surface area contributed by atoms with E-state index in [-0.39, 0.29) is 11.7 Å². The monoisotopic (exact) mass is 383 g/mol. The van der Waals surface area contributed by atoms with E-state index in [1.54, 1.807) is 33.1 Å². The predicted molar refractivity (Wildman–Crippen MR) is 100 cm³/mol. The zero-order valence-electron chi connectivity index (χ0n) is 15.3. The van der Waals surface area contributed by atoms with Crippen molar-refractivity contribution < 1.29 is 28.8 Å². The van der Waals surface area contributed by atoms with Gasteiger partial charge in [0.25, 0.3) is 0 Å².